The topological polar surface area (TPSA) is 108 Å². The molecule has 11 heteroatoms. The number of ether oxygens (including phenoxy) is 2. The van der Waals surface area contributed by atoms with Gasteiger partial charge in [0.25, 0.3) is 0 Å². The summed E-state index contributed by atoms with van der Waals surface area (Å²) >= 11 is 1.38. The Morgan fingerprint density at radius 1 is 1.24 bits per heavy atom. The number of nitrogens with one attached hydrogen (secondary N) is 1. The first-order valence-corrected chi connectivity index (χ1v) is 9.64. The number of hydrogen-bond acceptors (Lipinski definition) is 8. The quantitative estimate of drug-likeness (QED) is 0.649. The molecular weight excluding hydrogens is 366 g/mol. The number of methoxy groups -OCH3 is 2. The zero-order valence-corrected chi connectivity index (χ0v) is 15.5. The van der Waals surface area contributed by atoms with E-state index in [1.165, 1.54) is 37.7 Å². The van der Waals surface area contributed by atoms with Crippen LogP contribution in [-0.4, -0.2) is 49.0 Å². The van der Waals surface area contributed by atoms with Crippen molar-refractivity contribution in [1.29, 1.82) is 0 Å². The number of benzene rings is 1. The molecule has 0 saturated heterocycles. The van der Waals surface area contributed by atoms with Crippen LogP contribution in [0.5, 0.6) is 11.5 Å². The zero-order valence-electron chi connectivity index (χ0n) is 13.9. The fraction of sp³-hybridized carbons (Fsp3) is 0.357. The number of rotatable bonds is 7. The normalized spacial score (nSPS) is 11.8. The molecule has 0 aliphatic rings. The van der Waals surface area contributed by atoms with Gasteiger partial charge in [-0.2, -0.15) is 9.61 Å². The van der Waals surface area contributed by atoms with Crippen molar-refractivity contribution in [2.24, 2.45) is 0 Å². The van der Waals surface area contributed by atoms with E-state index >= 15 is 0 Å². The molecular formula is C14H17N5O4S2. The van der Waals surface area contributed by atoms with Crippen LogP contribution in [0.15, 0.2) is 23.1 Å². The van der Waals surface area contributed by atoms with Crippen LogP contribution in [0.2, 0.25) is 0 Å². The van der Waals surface area contributed by atoms with Crippen molar-refractivity contribution in [3.05, 3.63) is 29.0 Å². The lowest BCUT2D eigenvalue weighted by atomic mass is 10.3. The molecule has 2 heterocycles. The van der Waals surface area contributed by atoms with Crippen molar-refractivity contribution in [2.45, 2.75) is 18.2 Å². The second-order valence-electron chi connectivity index (χ2n) is 5.10. The monoisotopic (exact) mass is 383 g/mol. The predicted octanol–water partition coefficient (Wildman–Crippen LogP) is 1.03. The number of fused-ring (bicyclic) bond motifs is 1. The number of nitrogens with zero attached hydrogens (tertiary/aromatic N) is 4. The molecule has 3 rings (SSSR count). The summed E-state index contributed by atoms with van der Waals surface area (Å²) in [6.07, 6.45) is 0.450. The highest BCUT2D eigenvalue weighted by atomic mass is 32.2. The van der Waals surface area contributed by atoms with Gasteiger partial charge in [0.1, 0.15) is 21.4 Å². The lowest BCUT2D eigenvalue weighted by Gasteiger charge is -2.11. The molecule has 0 saturated carbocycles. The molecule has 2 aromatic heterocycles. The van der Waals surface area contributed by atoms with Gasteiger partial charge in [-0.25, -0.2) is 13.1 Å². The molecule has 0 aliphatic heterocycles. The third-order valence-corrected chi connectivity index (χ3v) is 5.94. The molecule has 0 spiro atoms. The van der Waals surface area contributed by atoms with E-state index < -0.39 is 10.0 Å². The van der Waals surface area contributed by atoms with E-state index in [4.69, 9.17) is 9.47 Å². The Labute approximate surface area is 148 Å². The van der Waals surface area contributed by atoms with Crippen molar-refractivity contribution in [1.82, 2.24) is 24.5 Å². The van der Waals surface area contributed by atoms with Crippen LogP contribution in [-0.2, 0) is 16.4 Å². The lowest BCUT2D eigenvalue weighted by molar-refractivity contribution is 0.386. The zero-order chi connectivity index (χ0) is 18.0. The molecule has 0 fully saturated rings. The minimum absolute atomic E-state index is 0.0600. The summed E-state index contributed by atoms with van der Waals surface area (Å²) < 4.78 is 39.4. The maximum atomic E-state index is 12.5. The lowest BCUT2D eigenvalue weighted by Crippen LogP contribution is -2.26. The first-order chi connectivity index (χ1) is 11.9. The molecule has 0 atom stereocenters. The summed E-state index contributed by atoms with van der Waals surface area (Å²) in [5, 5.41) is 13.0. The summed E-state index contributed by atoms with van der Waals surface area (Å²) in [5.74, 6) is 1.44. The van der Waals surface area contributed by atoms with Gasteiger partial charge >= 0.3 is 0 Å². The van der Waals surface area contributed by atoms with Gasteiger partial charge in [-0.1, -0.05) is 11.3 Å². The van der Waals surface area contributed by atoms with Crippen molar-refractivity contribution in [3.8, 4) is 11.5 Å². The third kappa shape index (κ3) is 3.57. The number of hydrogen-bond donors (Lipinski definition) is 1. The Morgan fingerprint density at radius 2 is 2.04 bits per heavy atom. The molecule has 0 aliphatic carbocycles. The van der Waals surface area contributed by atoms with E-state index in [0.29, 0.717) is 23.0 Å². The summed E-state index contributed by atoms with van der Waals surface area (Å²) in [6, 6.07) is 4.55. The molecule has 0 unspecified atom stereocenters. The molecule has 134 valence electrons. The van der Waals surface area contributed by atoms with Gasteiger partial charge in [-0.15, -0.1) is 10.2 Å². The summed E-state index contributed by atoms with van der Waals surface area (Å²) in [4.78, 5) is 0.747. The Balaban J connectivity index is 1.71. The SMILES string of the molecule is COc1ccc(S(=O)(=O)NCCc2nn3c(C)nnc3s2)c(OC)c1. The second-order valence-corrected chi connectivity index (χ2v) is 7.88. The smallest absolute Gasteiger partial charge is 0.244 e. The van der Waals surface area contributed by atoms with Crippen molar-refractivity contribution >= 4 is 26.3 Å². The van der Waals surface area contributed by atoms with E-state index in [0.717, 1.165) is 5.01 Å². The highest BCUT2D eigenvalue weighted by Gasteiger charge is 2.20. The maximum Gasteiger partial charge on any atom is 0.244 e. The van der Waals surface area contributed by atoms with Crippen molar-refractivity contribution in [3.63, 3.8) is 0 Å². The number of aryl methyl sites for hydroxylation is 1. The van der Waals surface area contributed by atoms with Crippen molar-refractivity contribution < 1.29 is 17.9 Å². The molecule has 1 N–H and O–H groups in total. The van der Waals surface area contributed by atoms with Crippen LogP contribution in [0.4, 0.5) is 0 Å². The first-order valence-electron chi connectivity index (χ1n) is 7.34. The molecule has 3 aromatic rings. The number of aromatic nitrogens is 4. The minimum Gasteiger partial charge on any atom is -0.497 e. The highest BCUT2D eigenvalue weighted by Crippen LogP contribution is 2.28. The average molecular weight is 383 g/mol. The van der Waals surface area contributed by atoms with Gasteiger partial charge < -0.3 is 9.47 Å². The number of sulfonamides is 1. The maximum absolute atomic E-state index is 12.5. The van der Waals surface area contributed by atoms with E-state index in [9.17, 15) is 8.42 Å². The third-order valence-electron chi connectivity index (χ3n) is 3.48. The fourth-order valence-corrected chi connectivity index (χ4v) is 4.28. The van der Waals surface area contributed by atoms with Crippen molar-refractivity contribution in [2.75, 3.05) is 20.8 Å². The first kappa shape index (κ1) is 17.6. The summed E-state index contributed by atoms with van der Waals surface area (Å²) in [5.41, 5.74) is 0. The fourth-order valence-electron chi connectivity index (χ4n) is 2.22. The second kappa shape index (κ2) is 6.94. The Morgan fingerprint density at radius 3 is 2.72 bits per heavy atom. The van der Waals surface area contributed by atoms with Gasteiger partial charge in [0.05, 0.1) is 14.2 Å². The van der Waals surface area contributed by atoms with Gasteiger partial charge in [-0.05, 0) is 19.1 Å². The molecule has 1 aromatic carbocycles. The summed E-state index contributed by atoms with van der Waals surface area (Å²) in [6.45, 7) is 2.02. The van der Waals surface area contributed by atoms with Crippen LogP contribution in [0.3, 0.4) is 0 Å². The molecule has 0 radical (unpaired) electrons. The molecule has 0 bridgehead atoms. The van der Waals surface area contributed by atoms with E-state index in [-0.39, 0.29) is 17.2 Å². The highest BCUT2D eigenvalue weighted by molar-refractivity contribution is 7.89. The van der Waals surface area contributed by atoms with Crippen LogP contribution in [0.25, 0.3) is 4.96 Å². The largest absolute Gasteiger partial charge is 0.497 e. The van der Waals surface area contributed by atoms with Crippen LogP contribution >= 0.6 is 11.3 Å². The standard InChI is InChI=1S/C14H17N5O4S2/c1-9-16-17-14-19(9)18-13(24-14)6-7-15-25(20,21)12-5-4-10(22-2)8-11(12)23-3/h4-5,8,15H,6-7H2,1-3H3. The van der Waals surface area contributed by atoms with E-state index in [2.05, 4.69) is 20.0 Å². The molecule has 25 heavy (non-hydrogen) atoms. The Bertz CT molecular complexity index is 996. The van der Waals surface area contributed by atoms with E-state index in [1.807, 2.05) is 6.92 Å². The van der Waals surface area contributed by atoms with Crippen LogP contribution < -0.4 is 14.2 Å². The van der Waals surface area contributed by atoms with Gasteiger partial charge in [-0.3, -0.25) is 0 Å². The van der Waals surface area contributed by atoms with E-state index in [1.54, 1.807) is 10.6 Å². The molecule has 0 amide bonds. The average Bonchev–Trinajstić information content (AvgIpc) is 3.16. The van der Waals surface area contributed by atoms with Crippen LogP contribution in [0.1, 0.15) is 10.8 Å². The predicted molar refractivity (Wildman–Crippen MR) is 91.8 cm³/mol. The Kier molecular flexibility index (Phi) is 4.88. The minimum atomic E-state index is -3.71. The van der Waals surface area contributed by atoms with Crippen LogP contribution in [0, 0.1) is 6.92 Å². The van der Waals surface area contributed by atoms with Gasteiger partial charge in [0, 0.05) is 19.0 Å². The Hall–Kier alpha value is -2.24. The molecule has 9 nitrogen and oxygen atoms in total. The van der Waals surface area contributed by atoms with Gasteiger partial charge in [0.15, 0.2) is 5.82 Å². The summed E-state index contributed by atoms with van der Waals surface area (Å²) in [7, 11) is -0.796. The van der Waals surface area contributed by atoms with Gasteiger partial charge in [0.2, 0.25) is 15.0 Å².